The Kier molecular flexibility index (Phi) is 3.85. The lowest BCUT2D eigenvalue weighted by molar-refractivity contribution is 1.52. The van der Waals surface area contributed by atoms with Gasteiger partial charge in [-0.05, 0) is 26.0 Å². The van der Waals surface area contributed by atoms with Crippen molar-refractivity contribution in [2.24, 2.45) is 0 Å². The van der Waals surface area contributed by atoms with E-state index >= 15 is 0 Å². The highest BCUT2D eigenvalue weighted by Crippen LogP contribution is 1.79. The van der Waals surface area contributed by atoms with Gasteiger partial charge < -0.3 is 5.41 Å². The molecular formula is C7H11N. The Morgan fingerprint density at radius 2 is 1.50 bits per heavy atom. The molecule has 0 saturated heterocycles. The second-order valence-electron chi connectivity index (χ2n) is 1.46. The van der Waals surface area contributed by atoms with Crippen LogP contribution in [0.5, 0.6) is 0 Å². The van der Waals surface area contributed by atoms with E-state index in [2.05, 4.69) is 0 Å². The van der Waals surface area contributed by atoms with Gasteiger partial charge in [-0.25, -0.2) is 0 Å². The summed E-state index contributed by atoms with van der Waals surface area (Å²) in [6.07, 6.45) is 7.20. The van der Waals surface area contributed by atoms with Crippen molar-refractivity contribution in [3.05, 3.63) is 24.3 Å². The minimum atomic E-state index is 0.551. The van der Waals surface area contributed by atoms with E-state index < -0.39 is 0 Å². The summed E-state index contributed by atoms with van der Waals surface area (Å²) in [5.41, 5.74) is 0.551. The van der Waals surface area contributed by atoms with Crippen LogP contribution in [0.25, 0.3) is 0 Å². The maximum Gasteiger partial charge on any atom is 0.0533 e. The summed E-state index contributed by atoms with van der Waals surface area (Å²) in [6.45, 7) is 3.80. The highest BCUT2D eigenvalue weighted by atomic mass is 14.4. The zero-order valence-electron chi connectivity index (χ0n) is 5.31. The molecule has 8 heavy (non-hydrogen) atoms. The van der Waals surface area contributed by atoms with Gasteiger partial charge in [0.05, 0.1) is 5.71 Å². The van der Waals surface area contributed by atoms with Crippen LogP contribution in [0.3, 0.4) is 0 Å². The number of hydrogen-bond acceptors (Lipinski definition) is 1. The van der Waals surface area contributed by atoms with Gasteiger partial charge in [0.25, 0.3) is 0 Å². The van der Waals surface area contributed by atoms with Crippen LogP contribution in [0.4, 0.5) is 0 Å². The SMILES string of the molecule is C/C=C\C(=N)/C=C\C. The summed E-state index contributed by atoms with van der Waals surface area (Å²) in [6, 6.07) is 0. The molecule has 0 unspecified atom stereocenters. The van der Waals surface area contributed by atoms with E-state index in [9.17, 15) is 0 Å². The van der Waals surface area contributed by atoms with Gasteiger partial charge >= 0.3 is 0 Å². The molecule has 0 rings (SSSR count). The van der Waals surface area contributed by atoms with Gasteiger partial charge in [0.1, 0.15) is 0 Å². The standard InChI is InChI=1S/C7H11N/c1-3-5-7(8)6-4-2/h3-6,8H,1-2H3/b5-3-,6-4-. The van der Waals surface area contributed by atoms with Gasteiger partial charge in [-0.2, -0.15) is 0 Å². The van der Waals surface area contributed by atoms with E-state index in [1.807, 2.05) is 26.0 Å². The third-order valence-corrected chi connectivity index (χ3v) is 0.692. The molecule has 0 aliphatic heterocycles. The quantitative estimate of drug-likeness (QED) is 0.525. The van der Waals surface area contributed by atoms with Crippen molar-refractivity contribution >= 4 is 5.71 Å². The molecule has 0 aliphatic rings. The molecule has 0 aromatic heterocycles. The van der Waals surface area contributed by atoms with Crippen molar-refractivity contribution in [3.63, 3.8) is 0 Å². The van der Waals surface area contributed by atoms with Crippen LogP contribution in [-0.2, 0) is 0 Å². The molecule has 0 bridgehead atoms. The van der Waals surface area contributed by atoms with Crippen LogP contribution >= 0.6 is 0 Å². The first-order valence-corrected chi connectivity index (χ1v) is 2.65. The zero-order chi connectivity index (χ0) is 6.41. The number of allylic oxidation sites excluding steroid dienone is 4. The summed E-state index contributed by atoms with van der Waals surface area (Å²) in [5.74, 6) is 0. The van der Waals surface area contributed by atoms with Gasteiger partial charge in [0, 0.05) is 0 Å². The first kappa shape index (κ1) is 7.15. The molecule has 0 fully saturated rings. The Bertz CT molecular complexity index is 106. The fourth-order valence-corrected chi connectivity index (χ4v) is 0.415. The molecule has 0 aromatic rings. The summed E-state index contributed by atoms with van der Waals surface area (Å²) in [5, 5.41) is 7.12. The lowest BCUT2D eigenvalue weighted by Gasteiger charge is -1.80. The predicted octanol–water partition coefficient (Wildman–Crippen LogP) is 2.16. The molecule has 1 nitrogen and oxygen atoms in total. The Hall–Kier alpha value is -0.850. The Balaban J connectivity index is 3.66. The summed E-state index contributed by atoms with van der Waals surface area (Å²) >= 11 is 0. The highest BCUT2D eigenvalue weighted by Gasteiger charge is 1.74. The second kappa shape index (κ2) is 4.31. The van der Waals surface area contributed by atoms with Gasteiger partial charge in [-0.3, -0.25) is 0 Å². The minimum absolute atomic E-state index is 0.551. The van der Waals surface area contributed by atoms with E-state index in [1.54, 1.807) is 12.2 Å². The predicted molar refractivity (Wildman–Crippen MR) is 37.4 cm³/mol. The minimum Gasteiger partial charge on any atom is -0.301 e. The summed E-state index contributed by atoms with van der Waals surface area (Å²) in [4.78, 5) is 0. The zero-order valence-corrected chi connectivity index (χ0v) is 5.31. The highest BCUT2D eigenvalue weighted by molar-refractivity contribution is 6.01. The van der Waals surface area contributed by atoms with Gasteiger partial charge in [-0.1, -0.05) is 12.2 Å². The lowest BCUT2D eigenvalue weighted by atomic mass is 10.3. The molecule has 1 heteroatoms. The van der Waals surface area contributed by atoms with Crippen molar-refractivity contribution in [1.82, 2.24) is 0 Å². The van der Waals surface area contributed by atoms with Gasteiger partial charge in [0.2, 0.25) is 0 Å². The molecule has 0 atom stereocenters. The van der Waals surface area contributed by atoms with Crippen LogP contribution in [0.2, 0.25) is 0 Å². The van der Waals surface area contributed by atoms with E-state index in [4.69, 9.17) is 5.41 Å². The average Bonchev–Trinajstić information content (AvgIpc) is 1.68. The van der Waals surface area contributed by atoms with Crippen molar-refractivity contribution in [2.75, 3.05) is 0 Å². The topological polar surface area (TPSA) is 23.9 Å². The third-order valence-electron chi connectivity index (χ3n) is 0.692. The molecule has 0 heterocycles. The smallest absolute Gasteiger partial charge is 0.0533 e. The molecule has 0 amide bonds. The summed E-state index contributed by atoms with van der Waals surface area (Å²) in [7, 11) is 0. The van der Waals surface area contributed by atoms with E-state index in [0.29, 0.717) is 5.71 Å². The number of hydrogen-bond donors (Lipinski definition) is 1. The third kappa shape index (κ3) is 3.34. The largest absolute Gasteiger partial charge is 0.301 e. The van der Waals surface area contributed by atoms with Gasteiger partial charge in [-0.15, -0.1) is 0 Å². The van der Waals surface area contributed by atoms with E-state index in [-0.39, 0.29) is 0 Å². The van der Waals surface area contributed by atoms with Crippen LogP contribution in [0, 0.1) is 5.41 Å². The van der Waals surface area contributed by atoms with Crippen LogP contribution in [-0.4, -0.2) is 5.71 Å². The van der Waals surface area contributed by atoms with Crippen molar-refractivity contribution < 1.29 is 0 Å². The fraction of sp³-hybridized carbons (Fsp3) is 0.286. The summed E-state index contributed by atoms with van der Waals surface area (Å²) < 4.78 is 0. The van der Waals surface area contributed by atoms with E-state index in [0.717, 1.165) is 0 Å². The van der Waals surface area contributed by atoms with Crippen molar-refractivity contribution in [3.8, 4) is 0 Å². The molecule has 0 spiro atoms. The van der Waals surface area contributed by atoms with Crippen LogP contribution < -0.4 is 0 Å². The fourth-order valence-electron chi connectivity index (χ4n) is 0.415. The molecule has 0 saturated carbocycles. The Labute approximate surface area is 50.2 Å². The van der Waals surface area contributed by atoms with Crippen LogP contribution in [0.1, 0.15) is 13.8 Å². The molecule has 0 radical (unpaired) electrons. The lowest BCUT2D eigenvalue weighted by Crippen LogP contribution is -1.79. The average molecular weight is 109 g/mol. The molecule has 0 aliphatic carbocycles. The normalized spacial score (nSPS) is 11.2. The monoisotopic (exact) mass is 109 g/mol. The molecule has 44 valence electrons. The second-order valence-corrected chi connectivity index (χ2v) is 1.46. The first-order chi connectivity index (χ1) is 3.81. The maximum absolute atomic E-state index is 7.12. The van der Waals surface area contributed by atoms with Crippen molar-refractivity contribution in [1.29, 1.82) is 5.41 Å². The van der Waals surface area contributed by atoms with Gasteiger partial charge in [0.15, 0.2) is 0 Å². The Morgan fingerprint density at radius 1 is 1.12 bits per heavy atom. The molecule has 0 aromatic carbocycles. The van der Waals surface area contributed by atoms with E-state index in [1.165, 1.54) is 0 Å². The first-order valence-electron chi connectivity index (χ1n) is 2.65. The Morgan fingerprint density at radius 3 is 1.75 bits per heavy atom. The number of rotatable bonds is 2. The molecular weight excluding hydrogens is 98.1 g/mol. The van der Waals surface area contributed by atoms with Crippen LogP contribution in [0.15, 0.2) is 24.3 Å². The molecule has 1 N–H and O–H groups in total. The number of nitrogens with one attached hydrogen (secondary N) is 1. The maximum atomic E-state index is 7.12. The van der Waals surface area contributed by atoms with Crippen molar-refractivity contribution in [2.45, 2.75) is 13.8 Å².